The lowest BCUT2D eigenvalue weighted by atomic mass is 10.1. The van der Waals surface area contributed by atoms with Crippen LogP contribution in [0.4, 0.5) is 8.78 Å². The minimum atomic E-state index is -0.713. The molecule has 2 heterocycles. The third kappa shape index (κ3) is 5.64. The Morgan fingerprint density at radius 2 is 2.04 bits per heavy atom. The number of thiophene rings is 1. The Labute approximate surface area is 164 Å². The van der Waals surface area contributed by atoms with Crippen LogP contribution in [0.25, 0.3) is 11.3 Å². The zero-order valence-corrected chi connectivity index (χ0v) is 16.0. The van der Waals surface area contributed by atoms with Crippen molar-refractivity contribution in [2.24, 2.45) is 0 Å². The summed E-state index contributed by atoms with van der Waals surface area (Å²) in [6, 6.07) is 7.72. The topological polar surface area (TPSA) is 55.1 Å². The van der Waals surface area contributed by atoms with Gasteiger partial charge in [0.05, 0.1) is 11.8 Å². The first-order chi connectivity index (χ1) is 13.1. The van der Waals surface area contributed by atoms with E-state index >= 15 is 0 Å². The molecule has 8 heteroatoms. The van der Waals surface area contributed by atoms with Crippen molar-refractivity contribution < 1.29 is 18.0 Å². The molecule has 0 aliphatic heterocycles. The SMILES string of the molecule is O=C(CCc1ncc(-c2c(F)cccc2F)o1)NCCSCc1cccs1. The molecule has 0 bridgehead atoms. The van der Waals surface area contributed by atoms with Crippen molar-refractivity contribution in [2.45, 2.75) is 18.6 Å². The first-order valence-corrected chi connectivity index (χ1v) is 10.4. The quantitative estimate of drug-likeness (QED) is 0.523. The van der Waals surface area contributed by atoms with Crippen LogP contribution in [0, 0.1) is 11.6 Å². The van der Waals surface area contributed by atoms with Crippen LogP contribution in [0.5, 0.6) is 0 Å². The Morgan fingerprint density at radius 1 is 1.22 bits per heavy atom. The highest BCUT2D eigenvalue weighted by Gasteiger charge is 2.16. The van der Waals surface area contributed by atoms with Gasteiger partial charge < -0.3 is 9.73 Å². The molecule has 0 atom stereocenters. The minimum Gasteiger partial charge on any atom is -0.441 e. The van der Waals surface area contributed by atoms with Crippen molar-refractivity contribution in [3.8, 4) is 11.3 Å². The van der Waals surface area contributed by atoms with Gasteiger partial charge in [-0.2, -0.15) is 11.8 Å². The fraction of sp³-hybridized carbons (Fsp3) is 0.263. The highest BCUT2D eigenvalue weighted by Crippen LogP contribution is 2.26. The molecule has 0 aliphatic rings. The summed E-state index contributed by atoms with van der Waals surface area (Å²) in [4.78, 5) is 17.2. The molecule has 4 nitrogen and oxygen atoms in total. The number of thioether (sulfide) groups is 1. The van der Waals surface area contributed by atoms with Gasteiger partial charge in [0, 0.05) is 35.8 Å². The van der Waals surface area contributed by atoms with Gasteiger partial charge in [0.25, 0.3) is 0 Å². The number of oxazole rings is 1. The number of halogens is 2. The van der Waals surface area contributed by atoms with Gasteiger partial charge >= 0.3 is 0 Å². The predicted molar refractivity (Wildman–Crippen MR) is 104 cm³/mol. The standard InChI is InChI=1S/C19H18F2N2O2S2/c20-14-4-1-5-15(21)19(14)16-11-23-18(25-16)7-6-17(24)22-8-10-26-12-13-3-2-9-27-13/h1-5,9,11H,6-8,10,12H2,(H,22,24). The zero-order chi connectivity index (χ0) is 19.1. The molecule has 0 fully saturated rings. The number of hydrogen-bond acceptors (Lipinski definition) is 5. The summed E-state index contributed by atoms with van der Waals surface area (Å²) in [6.07, 6.45) is 1.75. The highest BCUT2D eigenvalue weighted by atomic mass is 32.2. The maximum absolute atomic E-state index is 13.8. The maximum atomic E-state index is 13.8. The smallest absolute Gasteiger partial charge is 0.220 e. The molecule has 1 aromatic carbocycles. The maximum Gasteiger partial charge on any atom is 0.220 e. The Bertz CT molecular complexity index is 861. The number of hydrogen-bond donors (Lipinski definition) is 1. The predicted octanol–water partition coefficient (Wildman–Crippen LogP) is 4.66. The van der Waals surface area contributed by atoms with E-state index < -0.39 is 11.6 Å². The summed E-state index contributed by atoms with van der Waals surface area (Å²) in [5.41, 5.74) is -0.247. The summed E-state index contributed by atoms with van der Waals surface area (Å²) in [5.74, 6) is 0.536. The van der Waals surface area contributed by atoms with Crippen LogP contribution in [0.15, 0.2) is 46.3 Å². The number of aromatic nitrogens is 1. The van der Waals surface area contributed by atoms with E-state index in [-0.39, 0.29) is 36.0 Å². The van der Waals surface area contributed by atoms with Crippen LogP contribution >= 0.6 is 23.1 Å². The van der Waals surface area contributed by atoms with Crippen LogP contribution in [-0.2, 0) is 17.0 Å². The molecule has 3 rings (SSSR count). The number of aryl methyl sites for hydroxylation is 1. The largest absolute Gasteiger partial charge is 0.441 e. The van der Waals surface area contributed by atoms with E-state index in [2.05, 4.69) is 16.4 Å². The molecule has 0 unspecified atom stereocenters. The molecule has 0 saturated heterocycles. The second-order valence-corrected chi connectivity index (χ2v) is 7.83. The second-order valence-electron chi connectivity index (χ2n) is 5.70. The Hall–Kier alpha value is -2.19. The van der Waals surface area contributed by atoms with Crippen molar-refractivity contribution in [3.63, 3.8) is 0 Å². The Balaban J connectivity index is 1.40. The molecular formula is C19H18F2N2O2S2. The van der Waals surface area contributed by atoms with E-state index in [1.807, 2.05) is 11.4 Å². The van der Waals surface area contributed by atoms with E-state index in [0.717, 1.165) is 23.6 Å². The molecule has 27 heavy (non-hydrogen) atoms. The lowest BCUT2D eigenvalue weighted by molar-refractivity contribution is -0.121. The summed E-state index contributed by atoms with van der Waals surface area (Å²) >= 11 is 3.49. The van der Waals surface area contributed by atoms with Gasteiger partial charge in [-0.15, -0.1) is 11.3 Å². The van der Waals surface area contributed by atoms with Crippen molar-refractivity contribution >= 4 is 29.0 Å². The first kappa shape index (κ1) is 19.6. The molecule has 0 spiro atoms. The van der Waals surface area contributed by atoms with Crippen LogP contribution in [0.2, 0.25) is 0 Å². The van der Waals surface area contributed by atoms with Gasteiger partial charge in [-0.05, 0) is 23.6 Å². The number of benzene rings is 1. The molecule has 142 valence electrons. The van der Waals surface area contributed by atoms with Crippen molar-refractivity contribution in [1.29, 1.82) is 0 Å². The number of carbonyl (C=O) groups is 1. The van der Waals surface area contributed by atoms with Crippen molar-refractivity contribution in [1.82, 2.24) is 10.3 Å². The van der Waals surface area contributed by atoms with Crippen LogP contribution < -0.4 is 5.32 Å². The average Bonchev–Trinajstić information content (AvgIpc) is 3.32. The van der Waals surface area contributed by atoms with E-state index in [1.165, 1.54) is 17.1 Å². The van der Waals surface area contributed by atoms with Crippen LogP contribution in [0.3, 0.4) is 0 Å². The van der Waals surface area contributed by atoms with Gasteiger partial charge in [0.1, 0.15) is 11.6 Å². The number of carbonyl (C=O) groups excluding carboxylic acids is 1. The van der Waals surface area contributed by atoms with Gasteiger partial charge in [0.15, 0.2) is 11.7 Å². The number of nitrogens with one attached hydrogen (secondary N) is 1. The molecule has 3 aromatic rings. The lowest BCUT2D eigenvalue weighted by Crippen LogP contribution is -2.25. The molecule has 0 aliphatic carbocycles. The molecule has 0 radical (unpaired) electrons. The fourth-order valence-electron chi connectivity index (χ4n) is 2.41. The lowest BCUT2D eigenvalue weighted by Gasteiger charge is -2.04. The molecule has 1 N–H and O–H groups in total. The summed E-state index contributed by atoms with van der Waals surface area (Å²) in [7, 11) is 0. The Kier molecular flexibility index (Phi) is 7.00. The van der Waals surface area contributed by atoms with Crippen LogP contribution in [0.1, 0.15) is 17.2 Å². The van der Waals surface area contributed by atoms with Crippen molar-refractivity contribution in [3.05, 3.63) is 64.3 Å². The van der Waals surface area contributed by atoms with E-state index in [0.29, 0.717) is 6.54 Å². The minimum absolute atomic E-state index is 0.0194. The normalized spacial score (nSPS) is 10.9. The number of rotatable bonds is 9. The third-order valence-corrected chi connectivity index (χ3v) is 5.79. The summed E-state index contributed by atoms with van der Waals surface area (Å²) in [5, 5.41) is 4.89. The van der Waals surface area contributed by atoms with Crippen LogP contribution in [-0.4, -0.2) is 23.2 Å². The zero-order valence-electron chi connectivity index (χ0n) is 14.4. The van der Waals surface area contributed by atoms with Gasteiger partial charge in [0.2, 0.25) is 5.91 Å². The fourth-order valence-corrected chi connectivity index (χ4v) is 4.11. The van der Waals surface area contributed by atoms with E-state index in [4.69, 9.17) is 4.42 Å². The van der Waals surface area contributed by atoms with Crippen molar-refractivity contribution in [2.75, 3.05) is 12.3 Å². The molecule has 1 amide bonds. The second kappa shape index (κ2) is 9.66. The Morgan fingerprint density at radius 3 is 2.78 bits per heavy atom. The third-order valence-electron chi connectivity index (χ3n) is 3.72. The van der Waals surface area contributed by atoms with Gasteiger partial charge in [-0.3, -0.25) is 4.79 Å². The first-order valence-electron chi connectivity index (χ1n) is 8.39. The van der Waals surface area contributed by atoms with Gasteiger partial charge in [-0.1, -0.05) is 12.1 Å². The highest BCUT2D eigenvalue weighted by molar-refractivity contribution is 7.98. The number of amides is 1. The summed E-state index contributed by atoms with van der Waals surface area (Å²) < 4.78 is 32.9. The van der Waals surface area contributed by atoms with E-state index in [1.54, 1.807) is 23.1 Å². The van der Waals surface area contributed by atoms with E-state index in [9.17, 15) is 13.6 Å². The molecule has 0 saturated carbocycles. The average molecular weight is 408 g/mol. The molecule has 2 aromatic heterocycles. The molecular weight excluding hydrogens is 390 g/mol. The van der Waals surface area contributed by atoms with Gasteiger partial charge in [-0.25, -0.2) is 13.8 Å². The summed E-state index contributed by atoms with van der Waals surface area (Å²) in [6.45, 7) is 0.589. The monoisotopic (exact) mass is 408 g/mol. The number of nitrogens with zero attached hydrogens (tertiary/aromatic N) is 1.